The van der Waals surface area contributed by atoms with Crippen molar-refractivity contribution in [1.82, 2.24) is 9.97 Å². The van der Waals surface area contributed by atoms with Crippen LogP contribution in [0.5, 0.6) is 0 Å². The van der Waals surface area contributed by atoms with E-state index in [4.69, 9.17) is 14.0 Å². The first-order chi connectivity index (χ1) is 15.1. The van der Waals surface area contributed by atoms with Crippen LogP contribution in [-0.2, 0) is 16.0 Å². The Bertz CT molecular complexity index is 1160. The quantitative estimate of drug-likeness (QED) is 0.417. The van der Waals surface area contributed by atoms with Crippen LogP contribution in [0.3, 0.4) is 0 Å². The first-order valence-corrected chi connectivity index (χ1v) is 9.66. The Morgan fingerprint density at radius 2 is 1.48 bits per heavy atom. The molecule has 0 bridgehead atoms. The van der Waals surface area contributed by atoms with Crippen LogP contribution < -0.4 is 0 Å². The van der Waals surface area contributed by atoms with E-state index in [2.05, 4.69) is 46.4 Å². The first kappa shape index (κ1) is 21.6. The van der Waals surface area contributed by atoms with Crippen LogP contribution >= 0.6 is 0 Å². The fourth-order valence-corrected chi connectivity index (χ4v) is 3.01. The number of Topliss-reactive ketones (excluding diaryl/α,β-unsaturated/α-hetero) is 1. The monoisotopic (exact) mass is 412 g/mol. The van der Waals surface area contributed by atoms with Gasteiger partial charge in [0.05, 0.1) is 6.20 Å². The summed E-state index contributed by atoms with van der Waals surface area (Å²) in [6, 6.07) is 22.3. The maximum atomic E-state index is 12.4. The SMILES string of the molecule is Cc1ccc(-c2cnc(C(=O)CCc3ccc(-c4ccccc4)cc3)o2)cn1.O=C=O. The van der Waals surface area contributed by atoms with Gasteiger partial charge in [0, 0.05) is 23.9 Å². The molecule has 4 aromatic rings. The average Bonchev–Trinajstić information content (AvgIpc) is 3.30. The molecule has 0 unspecified atom stereocenters. The van der Waals surface area contributed by atoms with Crippen LogP contribution in [0.4, 0.5) is 0 Å². The number of nitrogens with zero attached hydrogens (tertiary/aromatic N) is 2. The summed E-state index contributed by atoms with van der Waals surface area (Å²) < 4.78 is 5.64. The zero-order chi connectivity index (χ0) is 22.1. The Kier molecular flexibility index (Phi) is 7.35. The van der Waals surface area contributed by atoms with E-state index in [1.165, 1.54) is 11.1 Å². The number of hydrogen-bond acceptors (Lipinski definition) is 6. The normalized spacial score (nSPS) is 9.97. The molecule has 0 aliphatic heterocycles. The number of pyridine rings is 1. The highest BCUT2D eigenvalue weighted by Crippen LogP contribution is 2.22. The number of carbonyl (C=O) groups excluding carboxylic acids is 3. The molecular formula is C25H20N2O4. The fourth-order valence-electron chi connectivity index (χ4n) is 3.01. The van der Waals surface area contributed by atoms with Gasteiger partial charge in [-0.3, -0.25) is 9.78 Å². The molecule has 0 aliphatic rings. The van der Waals surface area contributed by atoms with E-state index in [1.54, 1.807) is 12.4 Å². The molecule has 2 heterocycles. The van der Waals surface area contributed by atoms with Gasteiger partial charge in [-0.25, -0.2) is 4.98 Å². The molecule has 4 rings (SSSR count). The summed E-state index contributed by atoms with van der Waals surface area (Å²) in [5, 5.41) is 0. The minimum absolute atomic E-state index is 0.0987. The smallest absolute Gasteiger partial charge is 0.373 e. The second kappa shape index (κ2) is 10.6. The Morgan fingerprint density at radius 1 is 0.839 bits per heavy atom. The third kappa shape index (κ3) is 5.92. The van der Waals surface area contributed by atoms with Crippen LogP contribution in [0.1, 0.15) is 28.4 Å². The minimum Gasteiger partial charge on any atom is -0.434 e. The zero-order valence-corrected chi connectivity index (χ0v) is 16.9. The van der Waals surface area contributed by atoms with Gasteiger partial charge in [-0.05, 0) is 42.2 Å². The van der Waals surface area contributed by atoms with E-state index in [0.717, 1.165) is 16.8 Å². The standard InChI is InChI=1S/C24H20N2O2.CO2/c1-17-7-11-21(15-25-17)23-16-26-24(28-23)22(27)14-10-18-8-12-20(13-9-18)19-5-3-2-4-6-19;2-1-3/h2-9,11-13,15-16H,10,14H2,1H3;. The van der Waals surface area contributed by atoms with Crippen LogP contribution in [0, 0.1) is 6.92 Å². The van der Waals surface area contributed by atoms with Crippen molar-refractivity contribution in [3.05, 3.63) is 96.3 Å². The highest BCUT2D eigenvalue weighted by molar-refractivity contribution is 5.92. The van der Waals surface area contributed by atoms with Crippen molar-refractivity contribution >= 4 is 11.9 Å². The molecule has 31 heavy (non-hydrogen) atoms. The van der Waals surface area contributed by atoms with Gasteiger partial charge in [0.1, 0.15) is 0 Å². The van der Waals surface area contributed by atoms with Crippen molar-refractivity contribution in [2.75, 3.05) is 0 Å². The van der Waals surface area contributed by atoms with Gasteiger partial charge in [-0.15, -0.1) is 0 Å². The maximum Gasteiger partial charge on any atom is 0.373 e. The number of aryl methyl sites for hydroxylation is 2. The molecule has 0 spiro atoms. The van der Waals surface area contributed by atoms with Gasteiger partial charge in [0.2, 0.25) is 5.78 Å². The lowest BCUT2D eigenvalue weighted by molar-refractivity contribution is -0.191. The lowest BCUT2D eigenvalue weighted by Crippen LogP contribution is -2.01. The highest BCUT2D eigenvalue weighted by Gasteiger charge is 2.14. The van der Waals surface area contributed by atoms with E-state index in [1.807, 2.05) is 37.3 Å². The number of benzene rings is 2. The van der Waals surface area contributed by atoms with E-state index >= 15 is 0 Å². The molecule has 2 aromatic heterocycles. The van der Waals surface area contributed by atoms with E-state index in [-0.39, 0.29) is 17.8 Å². The van der Waals surface area contributed by atoms with Gasteiger partial charge in [-0.2, -0.15) is 9.59 Å². The summed E-state index contributed by atoms with van der Waals surface area (Å²) in [4.78, 5) is 37.1. The van der Waals surface area contributed by atoms with Gasteiger partial charge in [-0.1, -0.05) is 54.6 Å². The summed E-state index contributed by atoms with van der Waals surface area (Å²) in [5.74, 6) is 0.609. The Hall–Kier alpha value is -4.15. The van der Waals surface area contributed by atoms with Crippen molar-refractivity contribution in [3.63, 3.8) is 0 Å². The molecule has 6 nitrogen and oxygen atoms in total. The molecular weight excluding hydrogens is 392 g/mol. The number of aromatic nitrogens is 2. The molecule has 0 fully saturated rings. The second-order valence-electron chi connectivity index (χ2n) is 6.79. The number of ketones is 1. The van der Waals surface area contributed by atoms with Crippen LogP contribution in [0.2, 0.25) is 0 Å². The Morgan fingerprint density at radius 3 is 2.13 bits per heavy atom. The van der Waals surface area contributed by atoms with Crippen LogP contribution in [0.15, 0.2) is 83.5 Å². The van der Waals surface area contributed by atoms with Crippen molar-refractivity contribution in [2.45, 2.75) is 19.8 Å². The Balaban J connectivity index is 0.000000858. The topological polar surface area (TPSA) is 90.1 Å². The van der Waals surface area contributed by atoms with Gasteiger partial charge >= 0.3 is 6.15 Å². The lowest BCUT2D eigenvalue weighted by atomic mass is 10.0. The highest BCUT2D eigenvalue weighted by atomic mass is 16.4. The number of rotatable bonds is 6. The molecule has 6 heteroatoms. The Labute approximate surface area is 179 Å². The molecule has 0 saturated heterocycles. The number of carbonyl (C=O) groups is 1. The van der Waals surface area contributed by atoms with Gasteiger partial charge in [0.15, 0.2) is 5.76 Å². The largest absolute Gasteiger partial charge is 0.434 e. The minimum atomic E-state index is -0.0987. The number of oxazole rings is 1. The van der Waals surface area contributed by atoms with Gasteiger partial charge < -0.3 is 4.42 Å². The van der Waals surface area contributed by atoms with E-state index < -0.39 is 0 Å². The summed E-state index contributed by atoms with van der Waals surface area (Å²) in [5.41, 5.74) is 5.21. The van der Waals surface area contributed by atoms with Crippen LogP contribution in [0.25, 0.3) is 22.5 Å². The predicted octanol–water partition coefficient (Wildman–Crippen LogP) is 4.94. The van der Waals surface area contributed by atoms with E-state index in [9.17, 15) is 4.79 Å². The predicted molar refractivity (Wildman–Crippen MR) is 114 cm³/mol. The zero-order valence-electron chi connectivity index (χ0n) is 16.9. The molecule has 0 aliphatic carbocycles. The first-order valence-electron chi connectivity index (χ1n) is 9.66. The summed E-state index contributed by atoms with van der Waals surface area (Å²) in [6.45, 7) is 1.92. The molecule has 0 radical (unpaired) electrons. The maximum absolute atomic E-state index is 12.4. The van der Waals surface area contributed by atoms with Crippen molar-refractivity contribution in [1.29, 1.82) is 0 Å². The second-order valence-corrected chi connectivity index (χ2v) is 6.79. The molecule has 0 N–H and O–H groups in total. The van der Waals surface area contributed by atoms with Crippen molar-refractivity contribution in [3.8, 4) is 22.5 Å². The molecule has 0 saturated carbocycles. The molecule has 0 atom stereocenters. The van der Waals surface area contributed by atoms with Gasteiger partial charge in [0.25, 0.3) is 5.89 Å². The molecule has 154 valence electrons. The van der Waals surface area contributed by atoms with Crippen molar-refractivity contribution in [2.24, 2.45) is 0 Å². The summed E-state index contributed by atoms with van der Waals surface area (Å²) >= 11 is 0. The molecule has 2 aromatic carbocycles. The fraction of sp³-hybridized carbons (Fsp3) is 0.120. The number of hydrogen-bond donors (Lipinski definition) is 0. The molecule has 0 amide bonds. The third-order valence-corrected chi connectivity index (χ3v) is 4.64. The third-order valence-electron chi connectivity index (χ3n) is 4.64. The van der Waals surface area contributed by atoms with Crippen molar-refractivity contribution < 1.29 is 18.8 Å². The van der Waals surface area contributed by atoms with Crippen LogP contribution in [-0.4, -0.2) is 21.9 Å². The summed E-state index contributed by atoms with van der Waals surface area (Å²) in [6.07, 6.45) is 4.56. The lowest BCUT2D eigenvalue weighted by Gasteiger charge is -2.04. The summed E-state index contributed by atoms with van der Waals surface area (Å²) in [7, 11) is 0. The average molecular weight is 412 g/mol. The van der Waals surface area contributed by atoms with E-state index in [0.29, 0.717) is 18.6 Å².